The molecule has 9 nitrogen and oxygen atoms in total. The maximum Gasteiger partial charge on any atom is 0.253 e. The van der Waals surface area contributed by atoms with E-state index < -0.39 is 10.0 Å². The summed E-state index contributed by atoms with van der Waals surface area (Å²) in [6.45, 7) is 6.03. The molecule has 0 aromatic heterocycles. The van der Waals surface area contributed by atoms with Crippen LogP contribution < -0.4 is 0 Å². The Bertz CT molecular complexity index is 915. The molecule has 4 rings (SSSR count). The maximum absolute atomic E-state index is 12.9. The molecule has 182 valence electrons. The molecule has 0 atom stereocenters. The maximum atomic E-state index is 12.9. The Hall–Kier alpha value is -2.01. The third-order valence-electron chi connectivity index (χ3n) is 6.69. The molecular weight excluding hydrogens is 444 g/mol. The number of amides is 2. The summed E-state index contributed by atoms with van der Waals surface area (Å²) in [5, 5.41) is 0. The van der Waals surface area contributed by atoms with E-state index in [1.54, 1.807) is 17.0 Å². The summed E-state index contributed by atoms with van der Waals surface area (Å²) >= 11 is 0. The van der Waals surface area contributed by atoms with Crippen molar-refractivity contribution in [1.82, 2.24) is 19.0 Å². The van der Waals surface area contributed by atoms with Crippen LogP contribution in [0.25, 0.3) is 0 Å². The van der Waals surface area contributed by atoms with Gasteiger partial charge in [0.15, 0.2) is 0 Å². The summed E-state index contributed by atoms with van der Waals surface area (Å²) < 4.78 is 32.2. The highest BCUT2D eigenvalue weighted by Gasteiger charge is 2.28. The van der Waals surface area contributed by atoms with Gasteiger partial charge in [-0.25, -0.2) is 8.42 Å². The molecule has 0 saturated carbocycles. The lowest BCUT2D eigenvalue weighted by molar-refractivity contribution is -0.132. The SMILES string of the molecule is O=C(CN1CCN(C(=O)c2ccc(S(=O)(=O)N3CCOCC3)cc2)CC1)N1CCCCCC1. The molecule has 0 bridgehead atoms. The smallest absolute Gasteiger partial charge is 0.253 e. The Morgan fingerprint density at radius 2 is 1.36 bits per heavy atom. The Morgan fingerprint density at radius 3 is 1.97 bits per heavy atom. The van der Waals surface area contributed by atoms with Crippen LogP contribution in [-0.4, -0.2) is 111 Å². The second kappa shape index (κ2) is 10.9. The zero-order valence-electron chi connectivity index (χ0n) is 19.2. The Balaban J connectivity index is 1.29. The highest BCUT2D eigenvalue weighted by molar-refractivity contribution is 7.89. The highest BCUT2D eigenvalue weighted by Crippen LogP contribution is 2.19. The minimum atomic E-state index is -3.57. The molecule has 3 aliphatic rings. The molecular formula is C23H34N4O5S. The highest BCUT2D eigenvalue weighted by atomic mass is 32.2. The lowest BCUT2D eigenvalue weighted by atomic mass is 10.2. The van der Waals surface area contributed by atoms with Crippen molar-refractivity contribution < 1.29 is 22.7 Å². The van der Waals surface area contributed by atoms with Crippen LogP contribution in [0.15, 0.2) is 29.2 Å². The van der Waals surface area contributed by atoms with Crippen molar-refractivity contribution in [2.75, 3.05) is 72.1 Å². The minimum Gasteiger partial charge on any atom is -0.379 e. The number of rotatable bonds is 5. The van der Waals surface area contributed by atoms with Gasteiger partial charge in [-0.15, -0.1) is 0 Å². The lowest BCUT2D eigenvalue weighted by Crippen LogP contribution is -2.51. The van der Waals surface area contributed by atoms with Crippen molar-refractivity contribution in [1.29, 1.82) is 0 Å². The molecule has 3 aliphatic heterocycles. The molecule has 3 fully saturated rings. The van der Waals surface area contributed by atoms with Gasteiger partial charge < -0.3 is 14.5 Å². The van der Waals surface area contributed by atoms with Gasteiger partial charge in [-0.3, -0.25) is 14.5 Å². The quantitative estimate of drug-likeness (QED) is 0.624. The number of carbonyl (C=O) groups is 2. The topological polar surface area (TPSA) is 90.5 Å². The average Bonchev–Trinajstić information content (AvgIpc) is 3.15. The van der Waals surface area contributed by atoms with Crippen LogP contribution in [0.3, 0.4) is 0 Å². The molecule has 3 heterocycles. The van der Waals surface area contributed by atoms with Crippen LogP contribution in [-0.2, 0) is 19.6 Å². The normalized spacial score (nSPS) is 21.6. The summed E-state index contributed by atoms with van der Waals surface area (Å²) in [6, 6.07) is 6.19. The van der Waals surface area contributed by atoms with Gasteiger partial charge in [-0.05, 0) is 37.1 Å². The number of ether oxygens (including phenoxy) is 1. The molecule has 10 heteroatoms. The largest absolute Gasteiger partial charge is 0.379 e. The molecule has 0 spiro atoms. The van der Waals surface area contributed by atoms with Crippen LogP contribution in [0, 0.1) is 0 Å². The fourth-order valence-electron chi connectivity index (χ4n) is 4.61. The van der Waals surface area contributed by atoms with Gasteiger partial charge >= 0.3 is 0 Å². The first-order chi connectivity index (χ1) is 15.9. The molecule has 2 amide bonds. The van der Waals surface area contributed by atoms with Crippen LogP contribution in [0.1, 0.15) is 36.0 Å². The van der Waals surface area contributed by atoms with Crippen LogP contribution in [0.2, 0.25) is 0 Å². The summed E-state index contributed by atoms with van der Waals surface area (Å²) in [7, 11) is -3.57. The van der Waals surface area contributed by atoms with E-state index in [-0.39, 0.29) is 16.7 Å². The van der Waals surface area contributed by atoms with Crippen molar-refractivity contribution >= 4 is 21.8 Å². The molecule has 0 N–H and O–H groups in total. The van der Waals surface area contributed by atoms with Gasteiger partial charge in [-0.1, -0.05) is 12.8 Å². The van der Waals surface area contributed by atoms with E-state index in [2.05, 4.69) is 4.90 Å². The first-order valence-corrected chi connectivity index (χ1v) is 13.4. The van der Waals surface area contributed by atoms with Crippen molar-refractivity contribution in [3.63, 3.8) is 0 Å². The minimum absolute atomic E-state index is 0.108. The summed E-state index contributed by atoms with van der Waals surface area (Å²) in [6.07, 6.45) is 4.57. The van der Waals surface area contributed by atoms with Gasteiger partial charge in [0.1, 0.15) is 0 Å². The molecule has 33 heavy (non-hydrogen) atoms. The second-order valence-electron chi connectivity index (χ2n) is 8.90. The van der Waals surface area contributed by atoms with Crippen molar-refractivity contribution in [2.45, 2.75) is 30.6 Å². The number of benzene rings is 1. The lowest BCUT2D eigenvalue weighted by Gasteiger charge is -2.35. The van der Waals surface area contributed by atoms with Gasteiger partial charge in [0.2, 0.25) is 15.9 Å². The van der Waals surface area contributed by atoms with E-state index in [0.29, 0.717) is 64.6 Å². The fourth-order valence-corrected chi connectivity index (χ4v) is 6.02. The molecule has 0 unspecified atom stereocenters. The standard InChI is InChI=1S/C23H34N4O5S/c28-22(25-9-3-1-2-4-10-25)19-24-11-13-26(14-12-24)23(29)20-5-7-21(8-6-20)33(30,31)27-15-17-32-18-16-27/h5-8H,1-4,9-19H2. The van der Waals surface area contributed by atoms with E-state index in [1.807, 2.05) is 4.90 Å². The molecule has 0 radical (unpaired) electrons. The van der Waals surface area contributed by atoms with Crippen molar-refractivity contribution in [2.24, 2.45) is 0 Å². The van der Waals surface area contributed by atoms with E-state index in [0.717, 1.165) is 25.9 Å². The third-order valence-corrected chi connectivity index (χ3v) is 8.60. The van der Waals surface area contributed by atoms with Crippen LogP contribution >= 0.6 is 0 Å². The molecule has 3 saturated heterocycles. The number of hydrogen-bond donors (Lipinski definition) is 0. The number of hydrogen-bond acceptors (Lipinski definition) is 6. The third kappa shape index (κ3) is 5.92. The monoisotopic (exact) mass is 478 g/mol. The Morgan fingerprint density at radius 1 is 0.758 bits per heavy atom. The second-order valence-corrected chi connectivity index (χ2v) is 10.8. The fraction of sp³-hybridized carbons (Fsp3) is 0.652. The Labute approximate surface area is 196 Å². The molecule has 0 aliphatic carbocycles. The Kier molecular flexibility index (Phi) is 8.00. The van der Waals surface area contributed by atoms with E-state index in [4.69, 9.17) is 4.74 Å². The number of nitrogens with zero attached hydrogens (tertiary/aromatic N) is 4. The number of piperazine rings is 1. The van der Waals surface area contributed by atoms with Gasteiger partial charge in [-0.2, -0.15) is 4.31 Å². The van der Waals surface area contributed by atoms with E-state index >= 15 is 0 Å². The molecule has 1 aromatic rings. The van der Waals surface area contributed by atoms with Gasteiger partial charge in [0.05, 0.1) is 24.7 Å². The first kappa shape index (κ1) is 24.1. The predicted molar refractivity (Wildman–Crippen MR) is 123 cm³/mol. The van der Waals surface area contributed by atoms with E-state index in [1.165, 1.54) is 29.3 Å². The number of carbonyl (C=O) groups excluding carboxylic acids is 2. The zero-order valence-corrected chi connectivity index (χ0v) is 20.0. The molecule has 1 aromatic carbocycles. The van der Waals surface area contributed by atoms with Gasteiger partial charge in [0.25, 0.3) is 5.91 Å². The number of sulfonamides is 1. The van der Waals surface area contributed by atoms with Crippen LogP contribution in [0.5, 0.6) is 0 Å². The zero-order chi connectivity index (χ0) is 23.3. The summed E-state index contributed by atoms with van der Waals surface area (Å²) in [4.78, 5) is 31.6. The summed E-state index contributed by atoms with van der Waals surface area (Å²) in [5.41, 5.74) is 0.477. The van der Waals surface area contributed by atoms with Crippen molar-refractivity contribution in [3.05, 3.63) is 29.8 Å². The number of morpholine rings is 1. The number of likely N-dealkylation sites (tertiary alicyclic amines) is 1. The average molecular weight is 479 g/mol. The van der Waals surface area contributed by atoms with Crippen molar-refractivity contribution in [3.8, 4) is 0 Å². The summed E-state index contributed by atoms with van der Waals surface area (Å²) in [5.74, 6) is 0.0811. The predicted octanol–water partition coefficient (Wildman–Crippen LogP) is 0.868. The van der Waals surface area contributed by atoms with Gasteiger partial charge in [0, 0.05) is 57.9 Å². The van der Waals surface area contributed by atoms with E-state index in [9.17, 15) is 18.0 Å². The first-order valence-electron chi connectivity index (χ1n) is 11.9. The van der Waals surface area contributed by atoms with Crippen LogP contribution in [0.4, 0.5) is 0 Å².